The minimum absolute atomic E-state index is 0.0383. The molecule has 0 saturated carbocycles. The minimum atomic E-state index is -0.688. The van der Waals surface area contributed by atoms with E-state index in [2.05, 4.69) is 4.99 Å². The molecule has 1 aromatic carbocycles. The predicted octanol–water partition coefficient (Wildman–Crippen LogP) is 4.31. The van der Waals surface area contributed by atoms with E-state index in [4.69, 9.17) is 9.47 Å². The summed E-state index contributed by atoms with van der Waals surface area (Å²) in [4.78, 5) is 57.9. The molecule has 0 aliphatic carbocycles. The number of fused-ring (bicyclic) bond motifs is 1. The van der Waals surface area contributed by atoms with Gasteiger partial charge in [-0.25, -0.2) is 9.79 Å². The van der Waals surface area contributed by atoms with Crippen LogP contribution in [0.1, 0.15) is 58.6 Å². The molecule has 2 atom stereocenters. The zero-order chi connectivity index (χ0) is 28.3. The molecule has 3 aliphatic heterocycles. The number of nitrogens with zero attached hydrogens (tertiary/aromatic N) is 4. The van der Waals surface area contributed by atoms with Gasteiger partial charge < -0.3 is 19.3 Å². The van der Waals surface area contributed by atoms with Gasteiger partial charge in [0.05, 0.1) is 47.3 Å². The summed E-state index contributed by atoms with van der Waals surface area (Å²) < 4.78 is 10.7. The third-order valence-corrected chi connectivity index (χ3v) is 7.60. The third-order valence-electron chi connectivity index (χ3n) is 6.71. The summed E-state index contributed by atoms with van der Waals surface area (Å²) in [5, 5.41) is 13.7. The van der Waals surface area contributed by atoms with Crippen molar-refractivity contribution in [2.75, 3.05) is 19.7 Å². The first kappa shape index (κ1) is 28.3. The molecular weight excluding hydrogens is 524 g/mol. The maximum absolute atomic E-state index is 13.4. The van der Waals surface area contributed by atoms with Crippen LogP contribution in [0.2, 0.25) is 0 Å². The van der Waals surface area contributed by atoms with Gasteiger partial charge in [0, 0.05) is 30.9 Å². The number of likely N-dealkylation sites (tertiary alicyclic amines) is 1. The summed E-state index contributed by atoms with van der Waals surface area (Å²) >= 11 is 1.35. The van der Waals surface area contributed by atoms with E-state index in [1.807, 2.05) is 10.3 Å². The monoisotopic (exact) mass is 556 g/mol. The lowest BCUT2D eigenvalue weighted by Crippen LogP contribution is -2.44. The first-order valence-electron chi connectivity index (χ1n) is 12.9. The van der Waals surface area contributed by atoms with E-state index in [1.54, 1.807) is 44.7 Å². The van der Waals surface area contributed by atoms with Crippen LogP contribution in [0.3, 0.4) is 0 Å². The largest absolute Gasteiger partial charge is 0.466 e. The van der Waals surface area contributed by atoms with Gasteiger partial charge in [0.2, 0.25) is 5.91 Å². The second-order valence-electron chi connectivity index (χ2n) is 9.80. The van der Waals surface area contributed by atoms with E-state index in [0.717, 1.165) is 0 Å². The van der Waals surface area contributed by atoms with Crippen molar-refractivity contribution < 1.29 is 28.8 Å². The molecule has 12 heteroatoms. The smallest absolute Gasteiger partial charge is 0.338 e. The van der Waals surface area contributed by atoms with Crippen LogP contribution in [0.4, 0.5) is 5.69 Å². The van der Waals surface area contributed by atoms with Crippen molar-refractivity contribution in [2.45, 2.75) is 59.1 Å². The van der Waals surface area contributed by atoms with E-state index >= 15 is 0 Å². The van der Waals surface area contributed by atoms with Gasteiger partial charge >= 0.3 is 11.9 Å². The fraction of sp³-hybridized carbons (Fsp3) is 0.481. The number of thioether (sulfide) groups is 1. The highest BCUT2D eigenvalue weighted by molar-refractivity contribution is 8.16. The molecule has 0 spiro atoms. The van der Waals surface area contributed by atoms with Crippen molar-refractivity contribution in [2.24, 2.45) is 10.9 Å². The lowest BCUT2D eigenvalue weighted by molar-refractivity contribution is -0.384. The highest BCUT2D eigenvalue weighted by Crippen LogP contribution is 2.45. The standard InChI is InChI=1S/C27H32N4O7S/c1-5-37-25(33)19-7-6-12-29(14-19)22(32)13-21-15-39-27-28-17(4)23(26(34)38-16(2)3)24(30(21)27)18-8-10-20(11-9-18)31(35)36/h8-11,15-16,19,24H,5-7,12-14H2,1-4H3/t19-,24+/m1/s1. The van der Waals surface area contributed by atoms with Gasteiger partial charge in [-0.2, -0.15) is 0 Å². The van der Waals surface area contributed by atoms with E-state index in [1.165, 1.54) is 23.9 Å². The highest BCUT2D eigenvalue weighted by atomic mass is 32.2. The number of allylic oxidation sites excluding steroid dienone is 1. The SMILES string of the molecule is CCOC(=O)[C@@H]1CCCN(C(=O)CC2=CSC3=NC(C)=C(C(=O)OC(C)C)[C@H](c4ccc([N+](=O)[O-])cc4)N23)C1. The molecule has 3 aliphatic rings. The summed E-state index contributed by atoms with van der Waals surface area (Å²) in [6.07, 6.45) is 1.06. The number of carbonyl (C=O) groups is 3. The Morgan fingerprint density at radius 1 is 1.23 bits per heavy atom. The number of carbonyl (C=O) groups excluding carboxylic acids is 3. The third kappa shape index (κ3) is 6.16. The summed E-state index contributed by atoms with van der Waals surface area (Å²) in [7, 11) is 0. The Morgan fingerprint density at radius 3 is 2.59 bits per heavy atom. The molecule has 0 radical (unpaired) electrons. The Hall–Kier alpha value is -3.67. The number of nitro groups is 1. The Bertz CT molecular complexity index is 1260. The minimum Gasteiger partial charge on any atom is -0.466 e. The predicted molar refractivity (Wildman–Crippen MR) is 145 cm³/mol. The summed E-state index contributed by atoms with van der Waals surface area (Å²) in [6, 6.07) is 5.31. The number of hydrogen-bond acceptors (Lipinski definition) is 10. The first-order valence-corrected chi connectivity index (χ1v) is 13.8. The number of nitro benzene ring substituents is 1. The first-order chi connectivity index (χ1) is 18.6. The van der Waals surface area contributed by atoms with Crippen LogP contribution in [-0.4, -0.2) is 63.5 Å². The van der Waals surface area contributed by atoms with Crippen LogP contribution in [0.5, 0.6) is 0 Å². The molecule has 3 heterocycles. The van der Waals surface area contributed by atoms with Crippen LogP contribution in [0.25, 0.3) is 0 Å². The van der Waals surface area contributed by atoms with E-state index in [0.29, 0.717) is 60.2 Å². The van der Waals surface area contributed by atoms with Gasteiger partial charge in [0.25, 0.3) is 5.69 Å². The average molecular weight is 557 g/mol. The van der Waals surface area contributed by atoms with Crippen molar-refractivity contribution in [1.29, 1.82) is 0 Å². The number of aliphatic imine (C=N–C) groups is 1. The van der Waals surface area contributed by atoms with Crippen molar-refractivity contribution in [3.8, 4) is 0 Å². The highest BCUT2D eigenvalue weighted by Gasteiger charge is 2.42. The van der Waals surface area contributed by atoms with Crippen LogP contribution in [0, 0.1) is 16.0 Å². The van der Waals surface area contributed by atoms with Crippen molar-refractivity contribution in [3.05, 3.63) is 62.3 Å². The van der Waals surface area contributed by atoms with E-state index in [9.17, 15) is 24.5 Å². The number of amidine groups is 1. The van der Waals surface area contributed by atoms with Crippen LogP contribution < -0.4 is 0 Å². The number of non-ortho nitro benzene ring substituents is 1. The molecule has 0 N–H and O–H groups in total. The number of hydrogen-bond donors (Lipinski definition) is 0. The normalized spacial score (nSPS) is 20.8. The van der Waals surface area contributed by atoms with Gasteiger partial charge in [0.1, 0.15) is 0 Å². The quantitative estimate of drug-likeness (QED) is 0.261. The lowest BCUT2D eigenvalue weighted by atomic mass is 9.93. The molecule has 1 aromatic rings. The summed E-state index contributed by atoms with van der Waals surface area (Å²) in [5.74, 6) is -1.32. The topological polar surface area (TPSA) is 132 Å². The van der Waals surface area contributed by atoms with Crippen molar-refractivity contribution in [1.82, 2.24) is 9.80 Å². The Morgan fingerprint density at radius 2 is 1.95 bits per heavy atom. The van der Waals surface area contributed by atoms with Crippen molar-refractivity contribution >= 4 is 40.5 Å². The van der Waals surface area contributed by atoms with E-state index in [-0.39, 0.29) is 36.0 Å². The Balaban J connectivity index is 1.63. The van der Waals surface area contributed by atoms with Gasteiger partial charge in [-0.05, 0) is 63.6 Å². The van der Waals surface area contributed by atoms with E-state index < -0.39 is 16.9 Å². The molecule has 0 aromatic heterocycles. The molecule has 208 valence electrons. The van der Waals surface area contributed by atoms with Gasteiger partial charge in [-0.3, -0.25) is 19.7 Å². The second kappa shape index (κ2) is 12.0. The zero-order valence-corrected chi connectivity index (χ0v) is 23.2. The fourth-order valence-corrected chi connectivity index (χ4v) is 5.89. The molecule has 1 amide bonds. The van der Waals surface area contributed by atoms with Gasteiger partial charge in [-0.1, -0.05) is 11.8 Å². The van der Waals surface area contributed by atoms with Gasteiger partial charge in [0.15, 0.2) is 5.17 Å². The molecular formula is C27H32N4O7S. The number of rotatable bonds is 8. The lowest BCUT2D eigenvalue weighted by Gasteiger charge is -2.37. The summed E-state index contributed by atoms with van der Waals surface area (Å²) in [5.41, 5.74) is 2.00. The molecule has 0 unspecified atom stereocenters. The number of piperidine rings is 1. The zero-order valence-electron chi connectivity index (χ0n) is 22.4. The summed E-state index contributed by atoms with van der Waals surface area (Å²) in [6.45, 7) is 8.14. The molecule has 1 fully saturated rings. The molecule has 4 rings (SSSR count). The second-order valence-corrected chi connectivity index (χ2v) is 10.6. The van der Waals surface area contributed by atoms with Crippen LogP contribution >= 0.6 is 11.8 Å². The Labute approximate surface area is 231 Å². The molecule has 39 heavy (non-hydrogen) atoms. The molecule has 11 nitrogen and oxygen atoms in total. The van der Waals surface area contributed by atoms with Crippen molar-refractivity contribution in [3.63, 3.8) is 0 Å². The van der Waals surface area contributed by atoms with Gasteiger partial charge in [-0.15, -0.1) is 0 Å². The Kier molecular flexibility index (Phi) is 8.73. The number of esters is 2. The van der Waals surface area contributed by atoms with Crippen LogP contribution in [-0.2, 0) is 23.9 Å². The number of ether oxygens (including phenoxy) is 2. The maximum Gasteiger partial charge on any atom is 0.338 e. The average Bonchev–Trinajstić information content (AvgIpc) is 3.29. The number of benzene rings is 1. The fourth-order valence-electron chi connectivity index (χ4n) is 4.92. The molecule has 0 bridgehead atoms. The number of amides is 1. The maximum atomic E-state index is 13.4. The molecule has 1 saturated heterocycles. The van der Waals surface area contributed by atoms with Crippen LogP contribution in [0.15, 0.2) is 51.6 Å².